The SMILES string of the molecule is COC(=O)C1(C(=O)OC)CCCCC1CI. The first-order valence-electron chi connectivity index (χ1n) is 5.36. The Bertz CT molecular complexity index is 261. The molecule has 1 rings (SSSR count). The molecule has 4 nitrogen and oxygen atoms in total. The van der Waals surface area contributed by atoms with E-state index in [1.165, 1.54) is 14.2 Å². The zero-order valence-corrected chi connectivity index (χ0v) is 11.8. The molecule has 0 radical (unpaired) electrons. The average molecular weight is 340 g/mol. The molecule has 0 spiro atoms. The van der Waals surface area contributed by atoms with Crippen LogP contribution in [0.5, 0.6) is 0 Å². The standard InChI is InChI=1S/C11H17IO4/c1-15-9(13)11(10(14)16-2)6-4-3-5-8(11)7-12/h8H,3-7H2,1-2H3. The summed E-state index contributed by atoms with van der Waals surface area (Å²) in [7, 11) is 2.65. The van der Waals surface area contributed by atoms with E-state index >= 15 is 0 Å². The van der Waals surface area contributed by atoms with Gasteiger partial charge in [0, 0.05) is 4.43 Å². The Morgan fingerprint density at radius 1 is 1.25 bits per heavy atom. The van der Waals surface area contributed by atoms with E-state index in [4.69, 9.17) is 9.47 Å². The van der Waals surface area contributed by atoms with Gasteiger partial charge in [0.15, 0.2) is 5.41 Å². The van der Waals surface area contributed by atoms with Gasteiger partial charge in [-0.1, -0.05) is 35.4 Å². The molecule has 0 bridgehead atoms. The Morgan fingerprint density at radius 3 is 2.25 bits per heavy atom. The van der Waals surface area contributed by atoms with Crippen LogP contribution in [0.25, 0.3) is 0 Å². The summed E-state index contributed by atoms with van der Waals surface area (Å²) >= 11 is 2.22. The largest absolute Gasteiger partial charge is 0.468 e. The van der Waals surface area contributed by atoms with Crippen LogP contribution in [0, 0.1) is 11.3 Å². The van der Waals surface area contributed by atoms with E-state index in [9.17, 15) is 9.59 Å². The summed E-state index contributed by atoms with van der Waals surface area (Å²) in [5, 5.41) is 0. The molecule has 0 aromatic carbocycles. The zero-order valence-electron chi connectivity index (χ0n) is 9.62. The fourth-order valence-corrected chi connectivity index (χ4v) is 3.63. The van der Waals surface area contributed by atoms with Crippen LogP contribution in [0.4, 0.5) is 0 Å². The Kier molecular flexibility index (Phi) is 5.01. The molecule has 0 N–H and O–H groups in total. The molecule has 92 valence electrons. The molecule has 1 atom stereocenters. The van der Waals surface area contributed by atoms with Crippen molar-refractivity contribution in [2.24, 2.45) is 11.3 Å². The van der Waals surface area contributed by atoms with Gasteiger partial charge in [-0.3, -0.25) is 9.59 Å². The Morgan fingerprint density at radius 2 is 1.81 bits per heavy atom. The van der Waals surface area contributed by atoms with Gasteiger partial charge in [0.05, 0.1) is 14.2 Å². The van der Waals surface area contributed by atoms with Crippen LogP contribution in [0.15, 0.2) is 0 Å². The number of ether oxygens (including phenoxy) is 2. The summed E-state index contributed by atoms with van der Waals surface area (Å²) in [6.07, 6.45) is 3.36. The second-order valence-electron chi connectivity index (χ2n) is 4.05. The number of alkyl halides is 1. The fourth-order valence-electron chi connectivity index (χ4n) is 2.44. The summed E-state index contributed by atoms with van der Waals surface area (Å²) in [4.78, 5) is 23.9. The van der Waals surface area contributed by atoms with Crippen molar-refractivity contribution in [2.45, 2.75) is 25.7 Å². The first-order valence-corrected chi connectivity index (χ1v) is 6.88. The molecule has 0 heterocycles. The highest BCUT2D eigenvalue weighted by molar-refractivity contribution is 14.1. The van der Waals surface area contributed by atoms with Crippen molar-refractivity contribution in [3.63, 3.8) is 0 Å². The maximum Gasteiger partial charge on any atom is 0.323 e. The van der Waals surface area contributed by atoms with Gasteiger partial charge in [0.2, 0.25) is 0 Å². The number of carbonyl (C=O) groups is 2. The molecule has 0 aromatic heterocycles. The minimum atomic E-state index is -1.07. The predicted molar refractivity (Wildman–Crippen MR) is 67.3 cm³/mol. The fraction of sp³-hybridized carbons (Fsp3) is 0.818. The number of hydrogen-bond acceptors (Lipinski definition) is 4. The number of methoxy groups -OCH3 is 2. The number of carbonyl (C=O) groups excluding carboxylic acids is 2. The maximum atomic E-state index is 11.9. The molecule has 1 fully saturated rings. The van der Waals surface area contributed by atoms with Gasteiger partial charge in [-0.25, -0.2) is 0 Å². The van der Waals surface area contributed by atoms with Crippen LogP contribution >= 0.6 is 22.6 Å². The third kappa shape index (κ3) is 2.19. The van der Waals surface area contributed by atoms with Gasteiger partial charge in [0.25, 0.3) is 0 Å². The quantitative estimate of drug-likeness (QED) is 0.341. The lowest BCUT2D eigenvalue weighted by Gasteiger charge is -2.38. The highest BCUT2D eigenvalue weighted by atomic mass is 127. The highest BCUT2D eigenvalue weighted by Gasteiger charge is 2.54. The van der Waals surface area contributed by atoms with Crippen molar-refractivity contribution in [3.8, 4) is 0 Å². The third-order valence-corrected chi connectivity index (χ3v) is 4.42. The first kappa shape index (κ1) is 13.7. The summed E-state index contributed by atoms with van der Waals surface area (Å²) in [6.45, 7) is 0. The Hall–Kier alpha value is -0.330. The Balaban J connectivity index is 3.08. The molecular formula is C11H17IO4. The van der Waals surface area contributed by atoms with Gasteiger partial charge in [-0.05, 0) is 18.8 Å². The van der Waals surface area contributed by atoms with E-state index in [0.29, 0.717) is 6.42 Å². The molecule has 1 saturated carbocycles. The molecule has 0 aliphatic heterocycles. The first-order chi connectivity index (χ1) is 7.63. The van der Waals surface area contributed by atoms with Crippen molar-refractivity contribution in [2.75, 3.05) is 18.6 Å². The van der Waals surface area contributed by atoms with E-state index < -0.39 is 17.4 Å². The third-order valence-electron chi connectivity index (χ3n) is 3.36. The minimum Gasteiger partial charge on any atom is -0.468 e. The number of esters is 2. The summed E-state index contributed by atoms with van der Waals surface area (Å²) < 4.78 is 10.4. The van der Waals surface area contributed by atoms with Crippen LogP contribution in [0.3, 0.4) is 0 Å². The zero-order chi connectivity index (χ0) is 12.2. The molecule has 0 saturated heterocycles. The van der Waals surface area contributed by atoms with Crippen LogP contribution in [-0.4, -0.2) is 30.6 Å². The van der Waals surface area contributed by atoms with Crippen LogP contribution in [0.2, 0.25) is 0 Å². The molecule has 1 unspecified atom stereocenters. The monoisotopic (exact) mass is 340 g/mol. The number of rotatable bonds is 3. The summed E-state index contributed by atoms with van der Waals surface area (Å²) in [5.74, 6) is -0.858. The predicted octanol–water partition coefficient (Wildman–Crippen LogP) is 1.94. The highest BCUT2D eigenvalue weighted by Crippen LogP contribution is 2.44. The van der Waals surface area contributed by atoms with Crippen LogP contribution < -0.4 is 0 Å². The second-order valence-corrected chi connectivity index (χ2v) is 4.93. The van der Waals surface area contributed by atoms with Crippen LogP contribution in [0.1, 0.15) is 25.7 Å². The smallest absolute Gasteiger partial charge is 0.323 e. The van der Waals surface area contributed by atoms with E-state index in [2.05, 4.69) is 22.6 Å². The normalized spacial score (nSPS) is 23.6. The van der Waals surface area contributed by atoms with Gasteiger partial charge in [-0.15, -0.1) is 0 Å². The topological polar surface area (TPSA) is 52.6 Å². The summed E-state index contributed by atoms with van der Waals surface area (Å²) in [5.41, 5.74) is -1.07. The maximum absolute atomic E-state index is 11.9. The van der Waals surface area contributed by atoms with Gasteiger partial charge in [-0.2, -0.15) is 0 Å². The second kappa shape index (κ2) is 5.84. The van der Waals surface area contributed by atoms with E-state index in [1.54, 1.807) is 0 Å². The molecule has 0 aromatic rings. The molecule has 1 aliphatic carbocycles. The van der Waals surface area contributed by atoms with Crippen LogP contribution in [-0.2, 0) is 19.1 Å². The van der Waals surface area contributed by atoms with Crippen molar-refractivity contribution in [1.82, 2.24) is 0 Å². The molecule has 0 amide bonds. The minimum absolute atomic E-state index is 0.0294. The molecular weight excluding hydrogens is 323 g/mol. The van der Waals surface area contributed by atoms with E-state index in [-0.39, 0.29) is 5.92 Å². The van der Waals surface area contributed by atoms with Crippen molar-refractivity contribution in [3.05, 3.63) is 0 Å². The molecule has 5 heteroatoms. The van der Waals surface area contributed by atoms with Gasteiger partial charge < -0.3 is 9.47 Å². The lowest BCUT2D eigenvalue weighted by Crippen LogP contribution is -2.49. The van der Waals surface area contributed by atoms with Crippen molar-refractivity contribution >= 4 is 34.5 Å². The lowest BCUT2D eigenvalue weighted by molar-refractivity contribution is -0.175. The Labute approximate surface area is 109 Å². The van der Waals surface area contributed by atoms with Gasteiger partial charge in [0.1, 0.15) is 0 Å². The summed E-state index contributed by atoms with van der Waals surface area (Å²) in [6, 6.07) is 0. The van der Waals surface area contributed by atoms with E-state index in [0.717, 1.165) is 23.7 Å². The number of halogens is 1. The number of hydrogen-bond donors (Lipinski definition) is 0. The van der Waals surface area contributed by atoms with E-state index in [1.807, 2.05) is 0 Å². The average Bonchev–Trinajstić information content (AvgIpc) is 2.36. The van der Waals surface area contributed by atoms with Crippen molar-refractivity contribution < 1.29 is 19.1 Å². The lowest BCUT2D eigenvalue weighted by atomic mass is 9.67. The molecule has 1 aliphatic rings. The van der Waals surface area contributed by atoms with Gasteiger partial charge >= 0.3 is 11.9 Å². The molecule has 16 heavy (non-hydrogen) atoms. The van der Waals surface area contributed by atoms with Crippen molar-refractivity contribution in [1.29, 1.82) is 0 Å².